The standard InChI is InChI=1S/C14H21N3O2/c1-4-6-11(13(15)17-19)14(18)16-12-9(2)7-5-8-10(12)3/h5,7-8,11,19H,4,6H2,1-3H3,(H2,15,17)(H,16,18). The third-order valence-electron chi connectivity index (χ3n) is 3.10. The summed E-state index contributed by atoms with van der Waals surface area (Å²) in [5.41, 5.74) is 8.34. The first kappa shape index (κ1) is 15.0. The van der Waals surface area contributed by atoms with E-state index < -0.39 is 5.92 Å². The number of hydrogen-bond donors (Lipinski definition) is 3. The Kier molecular flexibility index (Phi) is 5.36. The van der Waals surface area contributed by atoms with Gasteiger partial charge in [-0.05, 0) is 31.4 Å². The Balaban J connectivity index is 2.94. The van der Waals surface area contributed by atoms with Gasteiger partial charge in [0.1, 0.15) is 0 Å². The number of oxime groups is 1. The largest absolute Gasteiger partial charge is 0.409 e. The topological polar surface area (TPSA) is 87.7 Å². The van der Waals surface area contributed by atoms with Crippen molar-refractivity contribution in [3.63, 3.8) is 0 Å². The number of anilines is 1. The molecule has 1 aromatic rings. The molecule has 5 nitrogen and oxygen atoms in total. The van der Waals surface area contributed by atoms with Crippen molar-refractivity contribution in [2.45, 2.75) is 33.6 Å². The van der Waals surface area contributed by atoms with Crippen LogP contribution < -0.4 is 11.1 Å². The Morgan fingerprint density at radius 3 is 2.47 bits per heavy atom. The van der Waals surface area contributed by atoms with E-state index >= 15 is 0 Å². The molecular formula is C14H21N3O2. The predicted molar refractivity (Wildman–Crippen MR) is 76.4 cm³/mol. The lowest BCUT2D eigenvalue weighted by Crippen LogP contribution is -2.35. The number of carbonyl (C=O) groups is 1. The third kappa shape index (κ3) is 3.71. The van der Waals surface area contributed by atoms with Gasteiger partial charge in [0.25, 0.3) is 0 Å². The van der Waals surface area contributed by atoms with Gasteiger partial charge in [-0.1, -0.05) is 36.7 Å². The van der Waals surface area contributed by atoms with Gasteiger partial charge in [0.2, 0.25) is 5.91 Å². The van der Waals surface area contributed by atoms with Gasteiger partial charge < -0.3 is 16.3 Å². The lowest BCUT2D eigenvalue weighted by Gasteiger charge is -2.17. The Morgan fingerprint density at radius 2 is 2.00 bits per heavy atom. The summed E-state index contributed by atoms with van der Waals surface area (Å²) < 4.78 is 0. The molecule has 1 amide bonds. The van der Waals surface area contributed by atoms with E-state index in [1.54, 1.807) is 0 Å². The van der Waals surface area contributed by atoms with Crippen LogP contribution in [0.5, 0.6) is 0 Å². The Bertz CT molecular complexity index is 463. The minimum atomic E-state index is -0.603. The van der Waals surface area contributed by atoms with Crippen LogP contribution in [0, 0.1) is 19.8 Å². The van der Waals surface area contributed by atoms with Crippen LogP contribution in [0.4, 0.5) is 5.69 Å². The first-order valence-electron chi connectivity index (χ1n) is 6.35. The van der Waals surface area contributed by atoms with E-state index in [1.807, 2.05) is 39.0 Å². The van der Waals surface area contributed by atoms with Gasteiger partial charge in [0, 0.05) is 5.69 Å². The Labute approximate surface area is 113 Å². The second kappa shape index (κ2) is 6.78. The maximum absolute atomic E-state index is 12.2. The first-order chi connectivity index (χ1) is 9.01. The molecule has 0 aromatic heterocycles. The summed E-state index contributed by atoms with van der Waals surface area (Å²) in [6.07, 6.45) is 1.33. The molecular weight excluding hydrogens is 242 g/mol. The molecule has 1 atom stereocenters. The number of carbonyl (C=O) groups excluding carboxylic acids is 1. The maximum atomic E-state index is 12.2. The zero-order valence-corrected chi connectivity index (χ0v) is 11.6. The van der Waals surface area contributed by atoms with Crippen LogP contribution in [-0.4, -0.2) is 17.0 Å². The minimum absolute atomic E-state index is 0.0504. The molecule has 0 bridgehead atoms. The smallest absolute Gasteiger partial charge is 0.235 e. The van der Waals surface area contributed by atoms with Crippen molar-refractivity contribution in [2.24, 2.45) is 16.8 Å². The molecule has 0 saturated heterocycles. The average molecular weight is 263 g/mol. The van der Waals surface area contributed by atoms with Gasteiger partial charge in [-0.15, -0.1) is 0 Å². The molecule has 0 spiro atoms. The number of para-hydroxylation sites is 1. The monoisotopic (exact) mass is 263 g/mol. The fraction of sp³-hybridized carbons (Fsp3) is 0.429. The number of benzene rings is 1. The molecule has 0 aliphatic rings. The van der Waals surface area contributed by atoms with Crippen LogP contribution in [0.3, 0.4) is 0 Å². The van der Waals surface area contributed by atoms with Crippen molar-refractivity contribution < 1.29 is 10.0 Å². The SMILES string of the molecule is CCCC(C(=O)Nc1c(C)cccc1C)C(N)=NO. The van der Waals surface area contributed by atoms with Crippen LogP contribution in [0.15, 0.2) is 23.4 Å². The number of nitrogens with zero attached hydrogens (tertiary/aromatic N) is 1. The highest BCUT2D eigenvalue weighted by Crippen LogP contribution is 2.21. The van der Waals surface area contributed by atoms with Gasteiger partial charge in [0.15, 0.2) is 5.84 Å². The highest BCUT2D eigenvalue weighted by atomic mass is 16.4. The predicted octanol–water partition coefficient (Wildman–Crippen LogP) is 2.40. The minimum Gasteiger partial charge on any atom is -0.409 e. The number of rotatable bonds is 5. The van der Waals surface area contributed by atoms with Crippen molar-refractivity contribution >= 4 is 17.4 Å². The summed E-state index contributed by atoms with van der Waals surface area (Å²) in [6.45, 7) is 5.81. The summed E-state index contributed by atoms with van der Waals surface area (Å²) in [4.78, 5) is 12.2. The molecule has 0 aliphatic carbocycles. The van der Waals surface area contributed by atoms with Crippen LogP contribution in [0.2, 0.25) is 0 Å². The lowest BCUT2D eigenvalue weighted by molar-refractivity contribution is -0.118. The van der Waals surface area contributed by atoms with Gasteiger partial charge in [-0.2, -0.15) is 0 Å². The van der Waals surface area contributed by atoms with E-state index in [0.717, 1.165) is 23.2 Å². The molecule has 1 rings (SSSR count). The van der Waals surface area contributed by atoms with Crippen molar-refractivity contribution in [1.29, 1.82) is 0 Å². The zero-order valence-electron chi connectivity index (χ0n) is 11.6. The molecule has 0 radical (unpaired) electrons. The maximum Gasteiger partial charge on any atom is 0.235 e. The van der Waals surface area contributed by atoms with Gasteiger partial charge in [-0.3, -0.25) is 4.79 Å². The summed E-state index contributed by atoms with van der Waals surface area (Å²) >= 11 is 0. The van der Waals surface area contributed by atoms with Gasteiger partial charge in [0.05, 0.1) is 5.92 Å². The second-order valence-corrected chi connectivity index (χ2v) is 4.62. The fourth-order valence-electron chi connectivity index (χ4n) is 1.99. The second-order valence-electron chi connectivity index (χ2n) is 4.62. The van der Waals surface area contributed by atoms with Gasteiger partial charge in [-0.25, -0.2) is 0 Å². The number of hydrogen-bond acceptors (Lipinski definition) is 3. The lowest BCUT2D eigenvalue weighted by atomic mass is 10.0. The molecule has 1 aromatic carbocycles. The molecule has 0 heterocycles. The van der Waals surface area contributed by atoms with Crippen molar-refractivity contribution in [3.05, 3.63) is 29.3 Å². The summed E-state index contributed by atoms with van der Waals surface area (Å²) in [5.74, 6) is -0.894. The van der Waals surface area contributed by atoms with Crippen molar-refractivity contribution in [2.75, 3.05) is 5.32 Å². The van der Waals surface area contributed by atoms with Crippen molar-refractivity contribution in [1.82, 2.24) is 0 Å². The van der Waals surface area contributed by atoms with Crippen LogP contribution in [0.25, 0.3) is 0 Å². The molecule has 0 saturated carbocycles. The number of amidine groups is 1. The molecule has 4 N–H and O–H groups in total. The Morgan fingerprint density at radius 1 is 1.42 bits per heavy atom. The Hall–Kier alpha value is -2.04. The fourth-order valence-corrected chi connectivity index (χ4v) is 1.99. The van der Waals surface area contributed by atoms with Crippen molar-refractivity contribution in [3.8, 4) is 0 Å². The van der Waals surface area contributed by atoms with E-state index in [2.05, 4.69) is 10.5 Å². The van der Waals surface area contributed by atoms with E-state index in [9.17, 15) is 4.79 Å². The van der Waals surface area contributed by atoms with Crippen LogP contribution >= 0.6 is 0 Å². The first-order valence-corrected chi connectivity index (χ1v) is 6.35. The van der Waals surface area contributed by atoms with E-state index in [0.29, 0.717) is 6.42 Å². The third-order valence-corrected chi connectivity index (χ3v) is 3.10. The highest BCUT2D eigenvalue weighted by molar-refractivity contribution is 6.08. The summed E-state index contributed by atoms with van der Waals surface area (Å²) in [6, 6.07) is 5.80. The molecule has 0 fully saturated rings. The van der Waals surface area contributed by atoms with E-state index in [1.165, 1.54) is 0 Å². The number of aryl methyl sites for hydroxylation is 2. The molecule has 1 unspecified atom stereocenters. The highest BCUT2D eigenvalue weighted by Gasteiger charge is 2.23. The van der Waals surface area contributed by atoms with Gasteiger partial charge >= 0.3 is 0 Å². The normalized spacial score (nSPS) is 13.1. The quantitative estimate of drug-likeness (QED) is 0.330. The molecule has 104 valence electrons. The summed E-state index contributed by atoms with van der Waals surface area (Å²) in [7, 11) is 0. The molecule has 5 heteroatoms. The number of nitrogens with one attached hydrogen (secondary N) is 1. The van der Waals surface area contributed by atoms with Crippen LogP contribution in [-0.2, 0) is 4.79 Å². The molecule has 19 heavy (non-hydrogen) atoms. The summed E-state index contributed by atoms with van der Waals surface area (Å²) in [5, 5.41) is 14.6. The molecule has 0 aliphatic heterocycles. The van der Waals surface area contributed by atoms with E-state index in [-0.39, 0.29) is 11.7 Å². The number of amides is 1. The van der Waals surface area contributed by atoms with E-state index in [4.69, 9.17) is 10.9 Å². The zero-order chi connectivity index (χ0) is 14.4. The average Bonchev–Trinajstić information content (AvgIpc) is 2.39. The number of nitrogens with two attached hydrogens (primary N) is 1. The van der Waals surface area contributed by atoms with Crippen LogP contribution in [0.1, 0.15) is 30.9 Å².